The highest BCUT2D eigenvalue weighted by molar-refractivity contribution is 14.0. The maximum absolute atomic E-state index is 12.6. The third-order valence-corrected chi connectivity index (χ3v) is 5.09. The Balaban J connectivity index is 0.00000320. The van der Waals surface area contributed by atoms with E-state index in [1.54, 1.807) is 7.05 Å². The molecule has 0 aromatic heterocycles. The van der Waals surface area contributed by atoms with E-state index in [2.05, 4.69) is 33.8 Å². The topological polar surface area (TPSA) is 66.0 Å². The van der Waals surface area contributed by atoms with Gasteiger partial charge in [0.1, 0.15) is 11.9 Å². The Labute approximate surface area is 196 Å². The van der Waals surface area contributed by atoms with Gasteiger partial charge < -0.3 is 20.3 Å². The summed E-state index contributed by atoms with van der Waals surface area (Å²) in [6, 6.07) is 16.3. The number of aryl methyl sites for hydroxylation is 1. The summed E-state index contributed by atoms with van der Waals surface area (Å²) in [6.07, 6.45) is 0.867. The molecule has 7 heteroatoms. The maximum Gasteiger partial charge on any atom is 0.242 e. The van der Waals surface area contributed by atoms with E-state index in [9.17, 15) is 4.79 Å². The standard InChI is InChI=1S/C23H30N4O2.HI/c1-17-8-4-7-11-21(17)29-18(2)14-25-23(24-3)26-15-22(28)27-13-12-19-9-5-6-10-20(19)16-27;/h4-11,18H,12-16H2,1-3H3,(H2,24,25,26);1H. The number of nitrogens with zero attached hydrogens (tertiary/aromatic N) is 2. The molecular weight excluding hydrogens is 491 g/mol. The third-order valence-electron chi connectivity index (χ3n) is 5.09. The van der Waals surface area contributed by atoms with Gasteiger partial charge in [0, 0.05) is 20.1 Å². The molecule has 0 bridgehead atoms. The highest BCUT2D eigenvalue weighted by Gasteiger charge is 2.20. The third kappa shape index (κ3) is 6.62. The number of ether oxygens (including phenoxy) is 1. The summed E-state index contributed by atoms with van der Waals surface area (Å²) in [5, 5.41) is 6.34. The minimum absolute atomic E-state index is 0. The van der Waals surface area contributed by atoms with Crippen molar-refractivity contribution in [1.29, 1.82) is 0 Å². The van der Waals surface area contributed by atoms with Crippen LogP contribution in [-0.4, -0.2) is 49.6 Å². The van der Waals surface area contributed by atoms with E-state index < -0.39 is 0 Å². The van der Waals surface area contributed by atoms with Gasteiger partial charge in [-0.1, -0.05) is 42.5 Å². The van der Waals surface area contributed by atoms with E-state index >= 15 is 0 Å². The normalized spacial score (nSPS) is 14.2. The van der Waals surface area contributed by atoms with Crippen LogP contribution in [0.15, 0.2) is 53.5 Å². The molecule has 1 aliphatic rings. The molecule has 0 aliphatic carbocycles. The lowest BCUT2D eigenvalue weighted by molar-refractivity contribution is -0.130. The summed E-state index contributed by atoms with van der Waals surface area (Å²) in [7, 11) is 1.70. The van der Waals surface area contributed by atoms with Gasteiger partial charge in [0.25, 0.3) is 0 Å². The van der Waals surface area contributed by atoms with Crippen LogP contribution in [0.2, 0.25) is 0 Å². The molecule has 6 nitrogen and oxygen atoms in total. The fourth-order valence-corrected chi connectivity index (χ4v) is 3.39. The number of carbonyl (C=O) groups is 1. The summed E-state index contributed by atoms with van der Waals surface area (Å²) < 4.78 is 5.97. The number of benzene rings is 2. The van der Waals surface area contributed by atoms with Crippen LogP contribution in [0.5, 0.6) is 5.75 Å². The number of nitrogens with one attached hydrogen (secondary N) is 2. The first-order valence-electron chi connectivity index (χ1n) is 10.1. The number of para-hydroxylation sites is 1. The van der Waals surface area contributed by atoms with Crippen molar-refractivity contribution in [1.82, 2.24) is 15.5 Å². The first kappa shape index (κ1) is 24.0. The summed E-state index contributed by atoms with van der Waals surface area (Å²) in [6.45, 7) is 6.26. The molecule has 1 amide bonds. The van der Waals surface area contributed by atoms with E-state index in [1.807, 2.05) is 49.1 Å². The number of rotatable bonds is 6. The largest absolute Gasteiger partial charge is 0.489 e. The molecular formula is C23H31IN4O2. The number of hydrogen-bond acceptors (Lipinski definition) is 3. The van der Waals surface area contributed by atoms with Crippen LogP contribution in [0, 0.1) is 6.92 Å². The van der Waals surface area contributed by atoms with Gasteiger partial charge in [-0.05, 0) is 43.0 Å². The molecule has 0 saturated carbocycles. The van der Waals surface area contributed by atoms with Crippen LogP contribution in [0.4, 0.5) is 0 Å². The summed E-state index contributed by atoms with van der Waals surface area (Å²) >= 11 is 0. The number of halogens is 1. The number of aliphatic imine (C=N–C) groups is 1. The molecule has 2 aromatic carbocycles. The lowest BCUT2D eigenvalue weighted by Gasteiger charge is -2.29. The molecule has 0 fully saturated rings. The maximum atomic E-state index is 12.6. The van der Waals surface area contributed by atoms with Crippen molar-refractivity contribution in [2.75, 3.05) is 26.7 Å². The lowest BCUT2D eigenvalue weighted by atomic mass is 10.00. The number of hydrogen-bond donors (Lipinski definition) is 2. The molecule has 1 unspecified atom stereocenters. The molecule has 1 heterocycles. The Kier molecular flexibility index (Phi) is 9.42. The van der Waals surface area contributed by atoms with Gasteiger partial charge in [0.05, 0.1) is 13.1 Å². The Morgan fingerprint density at radius 3 is 2.57 bits per heavy atom. The molecule has 3 rings (SSSR count). The Morgan fingerprint density at radius 1 is 1.13 bits per heavy atom. The Morgan fingerprint density at radius 2 is 1.83 bits per heavy atom. The molecule has 1 atom stereocenters. The summed E-state index contributed by atoms with van der Waals surface area (Å²) in [4.78, 5) is 18.7. The van der Waals surface area contributed by atoms with E-state index in [1.165, 1.54) is 11.1 Å². The van der Waals surface area contributed by atoms with Crippen LogP contribution < -0.4 is 15.4 Å². The Hall–Kier alpha value is -2.29. The second-order valence-corrected chi connectivity index (χ2v) is 7.33. The van der Waals surface area contributed by atoms with Crippen molar-refractivity contribution >= 4 is 35.8 Å². The zero-order chi connectivity index (χ0) is 20.6. The molecule has 2 aromatic rings. The van der Waals surface area contributed by atoms with Crippen LogP contribution in [0.3, 0.4) is 0 Å². The molecule has 30 heavy (non-hydrogen) atoms. The molecule has 1 aliphatic heterocycles. The van der Waals surface area contributed by atoms with Gasteiger partial charge in [0.2, 0.25) is 5.91 Å². The quantitative estimate of drug-likeness (QED) is 0.348. The van der Waals surface area contributed by atoms with Gasteiger partial charge in [0.15, 0.2) is 5.96 Å². The van der Waals surface area contributed by atoms with Gasteiger partial charge in [-0.15, -0.1) is 24.0 Å². The molecule has 162 valence electrons. The SMILES string of the molecule is CN=C(NCC(=O)N1CCc2ccccc2C1)NCC(C)Oc1ccccc1C.I. The molecule has 0 radical (unpaired) electrons. The summed E-state index contributed by atoms with van der Waals surface area (Å²) in [5.74, 6) is 1.55. The van der Waals surface area contributed by atoms with Crippen LogP contribution in [0.1, 0.15) is 23.6 Å². The smallest absolute Gasteiger partial charge is 0.242 e. The number of carbonyl (C=O) groups excluding carboxylic acids is 1. The van der Waals surface area contributed by atoms with Crippen molar-refractivity contribution in [3.05, 3.63) is 65.2 Å². The molecule has 0 spiro atoms. The van der Waals surface area contributed by atoms with Crippen molar-refractivity contribution < 1.29 is 9.53 Å². The monoisotopic (exact) mass is 522 g/mol. The van der Waals surface area contributed by atoms with Gasteiger partial charge in [-0.2, -0.15) is 0 Å². The molecule has 0 saturated heterocycles. The van der Waals surface area contributed by atoms with Gasteiger partial charge in [-0.25, -0.2) is 0 Å². The number of fused-ring (bicyclic) bond motifs is 1. The van der Waals surface area contributed by atoms with E-state index in [0.717, 1.165) is 24.3 Å². The van der Waals surface area contributed by atoms with E-state index in [-0.39, 0.29) is 42.5 Å². The van der Waals surface area contributed by atoms with Crippen molar-refractivity contribution in [2.24, 2.45) is 4.99 Å². The number of guanidine groups is 1. The fourth-order valence-electron chi connectivity index (χ4n) is 3.39. The van der Waals surface area contributed by atoms with Crippen molar-refractivity contribution in [3.63, 3.8) is 0 Å². The second kappa shape index (κ2) is 11.8. The zero-order valence-electron chi connectivity index (χ0n) is 17.9. The lowest BCUT2D eigenvalue weighted by Crippen LogP contribution is -2.47. The average molecular weight is 522 g/mol. The fraction of sp³-hybridized carbons (Fsp3) is 0.391. The van der Waals surface area contributed by atoms with Crippen LogP contribution >= 0.6 is 24.0 Å². The van der Waals surface area contributed by atoms with Gasteiger partial charge in [-0.3, -0.25) is 9.79 Å². The highest BCUT2D eigenvalue weighted by atomic mass is 127. The van der Waals surface area contributed by atoms with Crippen LogP contribution in [0.25, 0.3) is 0 Å². The second-order valence-electron chi connectivity index (χ2n) is 7.33. The average Bonchev–Trinajstić information content (AvgIpc) is 2.75. The minimum Gasteiger partial charge on any atom is -0.489 e. The molecule has 2 N–H and O–H groups in total. The highest BCUT2D eigenvalue weighted by Crippen LogP contribution is 2.18. The predicted molar refractivity (Wildman–Crippen MR) is 132 cm³/mol. The summed E-state index contributed by atoms with van der Waals surface area (Å²) in [5.41, 5.74) is 3.68. The van der Waals surface area contributed by atoms with Crippen molar-refractivity contribution in [3.8, 4) is 5.75 Å². The first-order valence-corrected chi connectivity index (χ1v) is 10.1. The zero-order valence-corrected chi connectivity index (χ0v) is 20.2. The Bertz CT molecular complexity index is 872. The van der Waals surface area contributed by atoms with Gasteiger partial charge >= 0.3 is 0 Å². The predicted octanol–water partition coefficient (Wildman–Crippen LogP) is 3.13. The number of amides is 1. The first-order chi connectivity index (χ1) is 14.1. The minimum atomic E-state index is -0.0380. The van der Waals surface area contributed by atoms with E-state index in [0.29, 0.717) is 19.0 Å². The van der Waals surface area contributed by atoms with E-state index in [4.69, 9.17) is 4.74 Å². The van der Waals surface area contributed by atoms with Crippen LogP contribution in [-0.2, 0) is 17.8 Å². The van der Waals surface area contributed by atoms with Crippen molar-refractivity contribution in [2.45, 2.75) is 32.9 Å².